The van der Waals surface area contributed by atoms with Gasteiger partial charge in [0.1, 0.15) is 5.15 Å². The Labute approximate surface area is 135 Å². The normalized spacial score (nSPS) is 11.9. The van der Waals surface area contributed by atoms with E-state index in [0.717, 1.165) is 21.1 Å². The number of fused-ring (bicyclic) bond motifs is 7. The van der Waals surface area contributed by atoms with Gasteiger partial charge in [0.05, 0.1) is 15.7 Å². The summed E-state index contributed by atoms with van der Waals surface area (Å²) in [6, 6.07) is 16.6. The molecule has 0 saturated carbocycles. The molecule has 3 heterocycles. The van der Waals surface area contributed by atoms with Gasteiger partial charge >= 0.3 is 0 Å². The van der Waals surface area contributed by atoms with E-state index in [1.54, 1.807) is 11.3 Å². The minimum atomic E-state index is 0.556. The van der Waals surface area contributed by atoms with Crippen LogP contribution in [-0.2, 0) is 0 Å². The van der Waals surface area contributed by atoms with Gasteiger partial charge in [-0.15, -0.1) is 11.3 Å². The maximum Gasteiger partial charge on any atom is 0.147 e. The molecule has 4 heteroatoms. The van der Waals surface area contributed by atoms with Crippen molar-refractivity contribution < 1.29 is 0 Å². The van der Waals surface area contributed by atoms with E-state index in [-0.39, 0.29) is 0 Å². The molecule has 0 atom stereocenters. The minimum absolute atomic E-state index is 0.556. The molecule has 104 valence electrons. The van der Waals surface area contributed by atoms with Crippen molar-refractivity contribution in [3.05, 3.63) is 59.9 Å². The van der Waals surface area contributed by atoms with E-state index in [4.69, 9.17) is 11.6 Å². The van der Waals surface area contributed by atoms with Crippen molar-refractivity contribution >= 4 is 64.9 Å². The van der Waals surface area contributed by atoms with Crippen LogP contribution in [0.3, 0.4) is 0 Å². The Morgan fingerprint density at radius 2 is 1.82 bits per heavy atom. The third kappa shape index (κ3) is 1.55. The molecule has 0 N–H and O–H groups in total. The lowest BCUT2D eigenvalue weighted by Gasteiger charge is -2.03. The van der Waals surface area contributed by atoms with E-state index in [1.807, 2.05) is 18.3 Å². The first kappa shape index (κ1) is 12.3. The molecule has 22 heavy (non-hydrogen) atoms. The summed E-state index contributed by atoms with van der Waals surface area (Å²) in [5, 5.41) is 5.37. The summed E-state index contributed by atoms with van der Waals surface area (Å²) in [6.45, 7) is 0. The topological polar surface area (TPSA) is 25.8 Å². The summed E-state index contributed by atoms with van der Waals surface area (Å²) in [5.74, 6) is 0. The van der Waals surface area contributed by atoms with Crippen LogP contribution >= 0.6 is 22.9 Å². The highest BCUT2D eigenvalue weighted by atomic mass is 35.5. The molecule has 5 rings (SSSR count). The quantitative estimate of drug-likeness (QED) is 0.337. The van der Waals surface area contributed by atoms with Crippen LogP contribution in [0.4, 0.5) is 0 Å². The number of halogens is 1. The maximum absolute atomic E-state index is 6.43. The van der Waals surface area contributed by atoms with Gasteiger partial charge in [0.15, 0.2) is 0 Å². The van der Waals surface area contributed by atoms with E-state index >= 15 is 0 Å². The zero-order chi connectivity index (χ0) is 14.7. The highest BCUT2D eigenvalue weighted by molar-refractivity contribution is 7.26. The molecule has 5 aromatic rings. The van der Waals surface area contributed by atoms with Crippen LogP contribution in [0.15, 0.2) is 54.7 Å². The highest BCUT2D eigenvalue weighted by Gasteiger charge is 2.16. The smallest absolute Gasteiger partial charge is 0.147 e. The Morgan fingerprint density at radius 1 is 0.909 bits per heavy atom. The zero-order valence-electron chi connectivity index (χ0n) is 11.4. The number of benzene rings is 2. The van der Waals surface area contributed by atoms with Gasteiger partial charge in [-0.2, -0.15) is 0 Å². The van der Waals surface area contributed by atoms with E-state index in [9.17, 15) is 0 Å². The molecular formula is C18H9ClN2S. The van der Waals surface area contributed by atoms with Gasteiger partial charge in [-0.05, 0) is 29.0 Å². The molecule has 0 aliphatic heterocycles. The van der Waals surface area contributed by atoms with E-state index in [1.165, 1.54) is 20.9 Å². The SMILES string of the molecule is Clc1nc2cccnc2c2c1sc1ccc3ccccc3c12. The van der Waals surface area contributed by atoms with Crippen molar-refractivity contribution in [1.29, 1.82) is 0 Å². The Kier molecular flexibility index (Phi) is 2.46. The maximum atomic E-state index is 6.43. The predicted molar refractivity (Wildman–Crippen MR) is 94.9 cm³/mol. The summed E-state index contributed by atoms with van der Waals surface area (Å²) < 4.78 is 2.23. The van der Waals surface area contributed by atoms with Crippen molar-refractivity contribution in [3.8, 4) is 0 Å². The second kappa shape index (κ2) is 4.38. The third-order valence-corrected chi connectivity index (χ3v) is 5.56. The number of rotatable bonds is 0. The molecule has 0 fully saturated rings. The van der Waals surface area contributed by atoms with Gasteiger partial charge in [0.2, 0.25) is 0 Å². The molecule has 0 radical (unpaired) electrons. The van der Waals surface area contributed by atoms with Crippen LogP contribution in [0.2, 0.25) is 5.15 Å². The molecular weight excluding hydrogens is 312 g/mol. The summed E-state index contributed by atoms with van der Waals surface area (Å²) in [4.78, 5) is 9.06. The van der Waals surface area contributed by atoms with Gasteiger partial charge in [-0.3, -0.25) is 4.98 Å². The first-order chi connectivity index (χ1) is 10.8. The Hall–Kier alpha value is -2.23. The molecule has 0 amide bonds. The molecule has 0 aliphatic rings. The lowest BCUT2D eigenvalue weighted by Crippen LogP contribution is -1.84. The summed E-state index contributed by atoms with van der Waals surface area (Å²) in [5.41, 5.74) is 1.76. The zero-order valence-corrected chi connectivity index (χ0v) is 12.9. The van der Waals surface area contributed by atoms with Gasteiger partial charge in [-0.1, -0.05) is 41.9 Å². The van der Waals surface area contributed by atoms with Crippen molar-refractivity contribution in [3.63, 3.8) is 0 Å². The number of pyridine rings is 2. The monoisotopic (exact) mass is 320 g/mol. The summed E-state index contributed by atoms with van der Waals surface area (Å²) >= 11 is 8.11. The van der Waals surface area contributed by atoms with Crippen molar-refractivity contribution in [2.75, 3.05) is 0 Å². The van der Waals surface area contributed by atoms with Crippen LogP contribution < -0.4 is 0 Å². The summed E-state index contributed by atoms with van der Waals surface area (Å²) in [6.07, 6.45) is 1.81. The van der Waals surface area contributed by atoms with E-state index in [2.05, 4.69) is 46.4 Å². The Morgan fingerprint density at radius 3 is 2.77 bits per heavy atom. The van der Waals surface area contributed by atoms with E-state index in [0.29, 0.717) is 5.15 Å². The number of thiophene rings is 1. The Bertz CT molecular complexity index is 1190. The van der Waals surface area contributed by atoms with Gasteiger partial charge < -0.3 is 0 Å². The van der Waals surface area contributed by atoms with Crippen LogP contribution in [0.25, 0.3) is 42.0 Å². The average Bonchev–Trinajstić information content (AvgIpc) is 2.96. The molecule has 0 aliphatic carbocycles. The fourth-order valence-corrected chi connectivity index (χ4v) is 4.48. The summed E-state index contributed by atoms with van der Waals surface area (Å²) in [7, 11) is 0. The molecule has 2 nitrogen and oxygen atoms in total. The van der Waals surface area contributed by atoms with Gasteiger partial charge in [0.25, 0.3) is 0 Å². The predicted octanol–water partition coefficient (Wildman–Crippen LogP) is 5.80. The number of aromatic nitrogens is 2. The fraction of sp³-hybridized carbons (Fsp3) is 0. The third-order valence-electron chi connectivity index (χ3n) is 4.01. The second-order valence-electron chi connectivity index (χ2n) is 5.24. The average molecular weight is 321 g/mol. The molecule has 0 saturated heterocycles. The van der Waals surface area contributed by atoms with E-state index < -0.39 is 0 Å². The number of hydrogen-bond acceptors (Lipinski definition) is 3. The standard InChI is InChI=1S/C18H9ClN2S/c19-18-17-15(16-12(21-18)6-3-9-20-16)14-11-5-2-1-4-10(11)7-8-13(14)22-17/h1-9H. The molecule has 0 unspecified atom stereocenters. The first-order valence-electron chi connectivity index (χ1n) is 6.97. The second-order valence-corrected chi connectivity index (χ2v) is 6.65. The molecule has 0 spiro atoms. The van der Waals surface area contributed by atoms with Crippen molar-refractivity contribution in [2.24, 2.45) is 0 Å². The van der Waals surface area contributed by atoms with Crippen LogP contribution in [0.1, 0.15) is 0 Å². The molecule has 3 aromatic heterocycles. The lowest BCUT2D eigenvalue weighted by atomic mass is 10.0. The van der Waals surface area contributed by atoms with Crippen LogP contribution in [-0.4, -0.2) is 9.97 Å². The van der Waals surface area contributed by atoms with Crippen molar-refractivity contribution in [1.82, 2.24) is 9.97 Å². The van der Waals surface area contributed by atoms with Crippen LogP contribution in [0, 0.1) is 0 Å². The van der Waals surface area contributed by atoms with Crippen LogP contribution in [0.5, 0.6) is 0 Å². The highest BCUT2D eigenvalue weighted by Crippen LogP contribution is 2.43. The fourth-order valence-electron chi connectivity index (χ4n) is 3.08. The number of nitrogens with zero attached hydrogens (tertiary/aromatic N) is 2. The first-order valence-corrected chi connectivity index (χ1v) is 8.16. The minimum Gasteiger partial charge on any atom is -0.254 e. The van der Waals surface area contributed by atoms with Gasteiger partial charge in [0, 0.05) is 21.7 Å². The lowest BCUT2D eigenvalue weighted by molar-refractivity contribution is 1.37. The largest absolute Gasteiger partial charge is 0.254 e. The van der Waals surface area contributed by atoms with Gasteiger partial charge in [-0.25, -0.2) is 4.98 Å². The van der Waals surface area contributed by atoms with Crippen molar-refractivity contribution in [2.45, 2.75) is 0 Å². The molecule has 2 aromatic carbocycles. The molecule has 0 bridgehead atoms. The Balaban J connectivity index is 2.20. The number of hydrogen-bond donors (Lipinski definition) is 0.